The van der Waals surface area contributed by atoms with Crippen molar-refractivity contribution in [1.29, 1.82) is 0 Å². The highest BCUT2D eigenvalue weighted by Gasteiger charge is 2.24. The molecule has 6 nitrogen and oxygen atoms in total. The van der Waals surface area contributed by atoms with Crippen LogP contribution in [0.4, 0.5) is 5.69 Å². The Kier molecular flexibility index (Phi) is 5.89. The van der Waals surface area contributed by atoms with Gasteiger partial charge < -0.3 is 19.5 Å². The minimum atomic E-state index is 0.0881. The van der Waals surface area contributed by atoms with E-state index < -0.39 is 0 Å². The molecule has 0 unspecified atom stereocenters. The minimum Gasteiger partial charge on any atom is -0.494 e. The van der Waals surface area contributed by atoms with Crippen molar-refractivity contribution >= 4 is 22.6 Å². The molecule has 5 rings (SSSR count). The molecule has 162 valence electrons. The number of amides is 1. The Bertz CT molecular complexity index is 1050. The number of carbonyl (C=O) groups is 1. The lowest BCUT2D eigenvalue weighted by atomic mass is 9.91. The fourth-order valence-corrected chi connectivity index (χ4v) is 4.70. The maximum atomic E-state index is 11.6. The summed E-state index contributed by atoms with van der Waals surface area (Å²) < 4.78 is 11.4. The SMILES string of the molecule is O=C1CCc2ccc(OCCCCN3CCC(c4noc5ccccc45)CC3)cc2N1. The van der Waals surface area contributed by atoms with Gasteiger partial charge in [-0.05, 0) is 75.5 Å². The average Bonchev–Trinajstić information content (AvgIpc) is 3.23. The number of rotatable bonds is 7. The number of ether oxygens (including phenoxy) is 1. The van der Waals surface area contributed by atoms with Gasteiger partial charge >= 0.3 is 0 Å². The summed E-state index contributed by atoms with van der Waals surface area (Å²) in [4.78, 5) is 14.1. The van der Waals surface area contributed by atoms with Gasteiger partial charge in [-0.1, -0.05) is 23.4 Å². The molecule has 2 aliphatic rings. The number of likely N-dealkylation sites (tertiary alicyclic amines) is 1. The van der Waals surface area contributed by atoms with Gasteiger partial charge in [-0.3, -0.25) is 4.79 Å². The molecule has 3 aromatic rings. The van der Waals surface area contributed by atoms with Gasteiger partial charge in [-0.2, -0.15) is 0 Å². The summed E-state index contributed by atoms with van der Waals surface area (Å²) >= 11 is 0. The molecule has 0 atom stereocenters. The van der Waals surface area contributed by atoms with Crippen molar-refractivity contribution in [1.82, 2.24) is 10.1 Å². The van der Waals surface area contributed by atoms with Crippen molar-refractivity contribution in [3.63, 3.8) is 0 Å². The lowest BCUT2D eigenvalue weighted by molar-refractivity contribution is -0.116. The van der Waals surface area contributed by atoms with Crippen LogP contribution in [-0.4, -0.2) is 42.2 Å². The number of aryl methyl sites for hydroxylation is 1. The summed E-state index contributed by atoms with van der Waals surface area (Å²) in [5.74, 6) is 1.42. The van der Waals surface area contributed by atoms with Gasteiger partial charge in [0.1, 0.15) is 5.75 Å². The topological polar surface area (TPSA) is 67.6 Å². The van der Waals surface area contributed by atoms with Crippen molar-refractivity contribution in [3.8, 4) is 5.75 Å². The van der Waals surface area contributed by atoms with Crippen molar-refractivity contribution in [2.75, 3.05) is 31.6 Å². The van der Waals surface area contributed by atoms with Crippen LogP contribution >= 0.6 is 0 Å². The molecule has 0 aliphatic carbocycles. The molecule has 0 bridgehead atoms. The lowest BCUT2D eigenvalue weighted by Gasteiger charge is -2.31. The Morgan fingerprint density at radius 2 is 1.97 bits per heavy atom. The molecule has 1 amide bonds. The van der Waals surface area contributed by atoms with E-state index in [4.69, 9.17) is 9.26 Å². The first kappa shape index (κ1) is 20.1. The lowest BCUT2D eigenvalue weighted by Crippen LogP contribution is -2.34. The van der Waals surface area contributed by atoms with Crippen LogP contribution in [0.25, 0.3) is 11.0 Å². The molecule has 0 saturated carbocycles. The summed E-state index contributed by atoms with van der Waals surface area (Å²) in [5.41, 5.74) is 4.11. The number of aromatic nitrogens is 1. The normalized spacial score (nSPS) is 17.5. The van der Waals surface area contributed by atoms with Crippen LogP contribution in [0.3, 0.4) is 0 Å². The number of unbranched alkanes of at least 4 members (excludes halogenated alkanes) is 1. The van der Waals surface area contributed by atoms with Gasteiger partial charge in [-0.15, -0.1) is 0 Å². The monoisotopic (exact) mass is 419 g/mol. The quantitative estimate of drug-likeness (QED) is 0.560. The van der Waals surface area contributed by atoms with Gasteiger partial charge in [-0.25, -0.2) is 0 Å². The third-order valence-corrected chi connectivity index (χ3v) is 6.49. The minimum absolute atomic E-state index is 0.0881. The van der Waals surface area contributed by atoms with E-state index in [2.05, 4.69) is 33.6 Å². The Morgan fingerprint density at radius 3 is 2.87 bits per heavy atom. The van der Waals surface area contributed by atoms with Gasteiger partial charge in [0, 0.05) is 29.5 Å². The van der Waals surface area contributed by atoms with Gasteiger partial charge in [0.25, 0.3) is 0 Å². The van der Waals surface area contributed by atoms with E-state index in [1.54, 1.807) is 0 Å². The molecule has 0 radical (unpaired) electrons. The second-order valence-corrected chi connectivity index (χ2v) is 8.60. The molecule has 2 aliphatic heterocycles. The van der Waals surface area contributed by atoms with E-state index in [9.17, 15) is 4.79 Å². The van der Waals surface area contributed by atoms with Crippen LogP contribution in [0, 0.1) is 0 Å². The molecule has 1 aromatic heterocycles. The van der Waals surface area contributed by atoms with Gasteiger partial charge in [0.15, 0.2) is 5.58 Å². The van der Waals surface area contributed by atoms with E-state index in [0.29, 0.717) is 18.9 Å². The zero-order valence-electron chi connectivity index (χ0n) is 17.8. The van der Waals surface area contributed by atoms with E-state index in [0.717, 1.165) is 74.5 Å². The number of fused-ring (bicyclic) bond motifs is 2. The number of benzene rings is 2. The molecule has 1 fully saturated rings. The first-order valence-electron chi connectivity index (χ1n) is 11.4. The molecular formula is C25H29N3O3. The zero-order chi connectivity index (χ0) is 21.0. The number of carbonyl (C=O) groups excluding carboxylic acids is 1. The maximum absolute atomic E-state index is 11.6. The Morgan fingerprint density at radius 1 is 1.10 bits per heavy atom. The van der Waals surface area contributed by atoms with Crippen LogP contribution < -0.4 is 10.1 Å². The number of anilines is 1. The highest BCUT2D eigenvalue weighted by Crippen LogP contribution is 2.32. The predicted molar refractivity (Wildman–Crippen MR) is 121 cm³/mol. The van der Waals surface area contributed by atoms with Gasteiger partial charge in [0.2, 0.25) is 5.91 Å². The second kappa shape index (κ2) is 9.10. The van der Waals surface area contributed by atoms with Crippen molar-refractivity contribution < 1.29 is 14.1 Å². The summed E-state index contributed by atoms with van der Waals surface area (Å²) in [6.07, 6.45) is 5.79. The van der Waals surface area contributed by atoms with Crippen LogP contribution in [-0.2, 0) is 11.2 Å². The zero-order valence-corrected chi connectivity index (χ0v) is 17.8. The second-order valence-electron chi connectivity index (χ2n) is 8.60. The van der Waals surface area contributed by atoms with Crippen LogP contribution in [0.5, 0.6) is 5.75 Å². The highest BCUT2D eigenvalue weighted by atomic mass is 16.5. The fourth-order valence-electron chi connectivity index (χ4n) is 4.70. The largest absolute Gasteiger partial charge is 0.494 e. The van der Waals surface area contributed by atoms with E-state index >= 15 is 0 Å². The third-order valence-electron chi connectivity index (χ3n) is 6.49. The highest BCUT2D eigenvalue weighted by molar-refractivity contribution is 5.94. The molecule has 3 heterocycles. The van der Waals surface area contributed by atoms with Crippen LogP contribution in [0.15, 0.2) is 47.0 Å². The van der Waals surface area contributed by atoms with E-state index in [-0.39, 0.29) is 5.91 Å². The summed E-state index contributed by atoms with van der Waals surface area (Å²) in [7, 11) is 0. The van der Waals surface area contributed by atoms with Crippen LogP contribution in [0.1, 0.15) is 49.3 Å². The fraction of sp³-hybridized carbons (Fsp3) is 0.440. The number of hydrogen-bond donors (Lipinski definition) is 1. The van der Waals surface area contributed by atoms with Crippen molar-refractivity contribution in [2.45, 2.75) is 44.4 Å². The molecule has 1 saturated heterocycles. The smallest absolute Gasteiger partial charge is 0.224 e. The summed E-state index contributed by atoms with van der Waals surface area (Å²) in [5, 5.41) is 8.46. The first-order chi connectivity index (χ1) is 15.3. The average molecular weight is 420 g/mol. The standard InChI is InChI=1S/C25H29N3O3/c29-24-10-8-18-7-9-20(17-22(18)26-24)30-16-4-3-13-28-14-11-19(12-15-28)25-21-5-1-2-6-23(21)31-27-25/h1-2,5-7,9,17,19H,3-4,8,10-16H2,(H,26,29). The van der Waals surface area contributed by atoms with Crippen molar-refractivity contribution in [2.24, 2.45) is 0 Å². The number of nitrogens with zero attached hydrogens (tertiary/aromatic N) is 2. The van der Waals surface area contributed by atoms with E-state index in [1.807, 2.05) is 24.3 Å². The summed E-state index contributed by atoms with van der Waals surface area (Å²) in [6, 6.07) is 14.2. The third kappa shape index (κ3) is 4.59. The molecule has 31 heavy (non-hydrogen) atoms. The molecule has 2 aromatic carbocycles. The molecule has 1 N–H and O–H groups in total. The number of piperidine rings is 1. The van der Waals surface area contributed by atoms with Crippen LogP contribution in [0.2, 0.25) is 0 Å². The van der Waals surface area contributed by atoms with E-state index in [1.165, 1.54) is 10.9 Å². The number of para-hydroxylation sites is 1. The summed E-state index contributed by atoms with van der Waals surface area (Å²) in [6.45, 7) is 4.03. The molecular weight excluding hydrogens is 390 g/mol. The molecule has 6 heteroatoms. The van der Waals surface area contributed by atoms with Gasteiger partial charge in [0.05, 0.1) is 12.3 Å². The van der Waals surface area contributed by atoms with Crippen molar-refractivity contribution in [3.05, 3.63) is 53.7 Å². The Hall–Kier alpha value is -2.86. The first-order valence-corrected chi connectivity index (χ1v) is 11.4. The number of hydrogen-bond acceptors (Lipinski definition) is 5. The maximum Gasteiger partial charge on any atom is 0.224 e. The predicted octanol–water partition coefficient (Wildman–Crippen LogP) is 4.75. The Balaban J connectivity index is 1.03. The number of nitrogens with one attached hydrogen (secondary N) is 1. The molecule has 0 spiro atoms. The Labute approximate surface area is 182 Å².